The van der Waals surface area contributed by atoms with Crippen molar-refractivity contribution in [2.24, 2.45) is 0 Å². The molecule has 1 fully saturated rings. The minimum atomic E-state index is -0.413. The molecule has 2 heterocycles. The third kappa shape index (κ3) is 3.11. The SMILES string of the molecule is Cc1noc(C)c1COC(=O)c1ccc(N2CCCC2=O)cc1. The number of anilines is 1. The Morgan fingerprint density at radius 2 is 2.04 bits per heavy atom. The maximum atomic E-state index is 12.1. The summed E-state index contributed by atoms with van der Waals surface area (Å²) in [6.07, 6.45) is 1.46. The van der Waals surface area contributed by atoms with E-state index in [4.69, 9.17) is 9.26 Å². The van der Waals surface area contributed by atoms with Crippen LogP contribution in [0.15, 0.2) is 28.8 Å². The van der Waals surface area contributed by atoms with Crippen LogP contribution in [0.1, 0.15) is 40.2 Å². The molecule has 0 bridgehead atoms. The lowest BCUT2D eigenvalue weighted by Crippen LogP contribution is -2.23. The Bertz CT molecular complexity index is 714. The van der Waals surface area contributed by atoms with Gasteiger partial charge in [0.25, 0.3) is 0 Å². The number of hydrogen-bond acceptors (Lipinski definition) is 5. The number of ether oxygens (including phenoxy) is 1. The van der Waals surface area contributed by atoms with Gasteiger partial charge in [-0.1, -0.05) is 5.16 Å². The second kappa shape index (κ2) is 6.24. The van der Waals surface area contributed by atoms with Gasteiger partial charge in [-0.3, -0.25) is 4.79 Å². The molecule has 23 heavy (non-hydrogen) atoms. The second-order valence-corrected chi connectivity index (χ2v) is 5.57. The highest BCUT2D eigenvalue weighted by Crippen LogP contribution is 2.22. The quantitative estimate of drug-likeness (QED) is 0.811. The Labute approximate surface area is 134 Å². The fraction of sp³-hybridized carbons (Fsp3) is 0.353. The molecule has 1 aliphatic heterocycles. The van der Waals surface area contributed by atoms with E-state index < -0.39 is 5.97 Å². The lowest BCUT2D eigenvalue weighted by atomic mass is 10.2. The van der Waals surface area contributed by atoms with Crippen LogP contribution in [0.2, 0.25) is 0 Å². The molecule has 0 radical (unpaired) electrons. The predicted octanol–water partition coefficient (Wildman–Crippen LogP) is 2.78. The molecule has 1 amide bonds. The molecule has 0 N–H and O–H groups in total. The summed E-state index contributed by atoms with van der Waals surface area (Å²) < 4.78 is 10.3. The van der Waals surface area contributed by atoms with Crippen LogP contribution >= 0.6 is 0 Å². The highest BCUT2D eigenvalue weighted by atomic mass is 16.5. The normalized spacial score (nSPS) is 14.3. The highest BCUT2D eigenvalue weighted by molar-refractivity contribution is 5.96. The number of carbonyl (C=O) groups excluding carboxylic acids is 2. The summed E-state index contributed by atoms with van der Waals surface area (Å²) in [6.45, 7) is 4.45. The highest BCUT2D eigenvalue weighted by Gasteiger charge is 2.22. The Morgan fingerprint density at radius 3 is 2.61 bits per heavy atom. The van der Waals surface area contributed by atoms with Gasteiger partial charge >= 0.3 is 5.97 Å². The van der Waals surface area contributed by atoms with Crippen LogP contribution in [0.25, 0.3) is 0 Å². The first-order valence-corrected chi connectivity index (χ1v) is 7.55. The van der Waals surface area contributed by atoms with Gasteiger partial charge in [-0.25, -0.2) is 4.79 Å². The summed E-state index contributed by atoms with van der Waals surface area (Å²) >= 11 is 0. The van der Waals surface area contributed by atoms with Gasteiger partial charge in [0.1, 0.15) is 12.4 Å². The summed E-state index contributed by atoms with van der Waals surface area (Å²) in [5.74, 6) is 0.362. The first kappa shape index (κ1) is 15.3. The zero-order valence-electron chi connectivity index (χ0n) is 13.2. The zero-order valence-corrected chi connectivity index (χ0v) is 13.2. The molecule has 3 rings (SSSR count). The summed E-state index contributed by atoms with van der Waals surface area (Å²) in [7, 11) is 0. The molecular formula is C17H18N2O4. The number of carbonyl (C=O) groups is 2. The molecule has 1 aromatic carbocycles. The molecule has 6 heteroatoms. The van der Waals surface area contributed by atoms with Crippen molar-refractivity contribution < 1.29 is 18.8 Å². The maximum absolute atomic E-state index is 12.1. The summed E-state index contributed by atoms with van der Waals surface area (Å²) in [5, 5.41) is 3.83. The van der Waals surface area contributed by atoms with Gasteiger partial charge in [0.15, 0.2) is 0 Å². The molecule has 120 valence electrons. The van der Waals surface area contributed by atoms with Gasteiger partial charge in [-0.15, -0.1) is 0 Å². The fourth-order valence-electron chi connectivity index (χ4n) is 2.63. The molecule has 1 saturated heterocycles. The Kier molecular flexibility index (Phi) is 4.14. The van der Waals surface area contributed by atoms with Gasteiger partial charge in [0.05, 0.1) is 16.8 Å². The average molecular weight is 314 g/mol. The molecule has 0 spiro atoms. The molecule has 0 aliphatic carbocycles. The van der Waals surface area contributed by atoms with Crippen LogP contribution in [-0.4, -0.2) is 23.6 Å². The van der Waals surface area contributed by atoms with Crippen LogP contribution in [0.4, 0.5) is 5.69 Å². The topological polar surface area (TPSA) is 72.6 Å². The number of hydrogen-bond donors (Lipinski definition) is 0. The van der Waals surface area contributed by atoms with E-state index in [1.54, 1.807) is 36.1 Å². The standard InChI is InChI=1S/C17H18N2O4/c1-11-15(12(2)23-18-11)10-22-17(21)13-5-7-14(8-6-13)19-9-3-4-16(19)20/h5-8H,3-4,9-10H2,1-2H3. The summed E-state index contributed by atoms with van der Waals surface area (Å²) in [4.78, 5) is 25.6. The van der Waals surface area contributed by atoms with E-state index in [0.29, 0.717) is 17.7 Å². The lowest BCUT2D eigenvalue weighted by Gasteiger charge is -2.15. The van der Waals surface area contributed by atoms with E-state index in [1.807, 2.05) is 6.92 Å². The van der Waals surface area contributed by atoms with Crippen LogP contribution in [0.5, 0.6) is 0 Å². The van der Waals surface area contributed by atoms with Crippen molar-refractivity contribution in [1.82, 2.24) is 5.16 Å². The van der Waals surface area contributed by atoms with E-state index in [-0.39, 0.29) is 12.5 Å². The van der Waals surface area contributed by atoms with Crippen LogP contribution in [-0.2, 0) is 16.1 Å². The predicted molar refractivity (Wildman–Crippen MR) is 83.1 cm³/mol. The molecular weight excluding hydrogens is 296 g/mol. The largest absolute Gasteiger partial charge is 0.457 e. The monoisotopic (exact) mass is 314 g/mol. The number of aromatic nitrogens is 1. The van der Waals surface area contributed by atoms with Gasteiger partial charge in [-0.05, 0) is 44.5 Å². The molecule has 2 aromatic rings. The second-order valence-electron chi connectivity index (χ2n) is 5.57. The Balaban J connectivity index is 1.65. The molecule has 0 unspecified atom stereocenters. The third-order valence-corrected chi connectivity index (χ3v) is 4.02. The van der Waals surface area contributed by atoms with Crippen molar-refractivity contribution >= 4 is 17.6 Å². The van der Waals surface area contributed by atoms with Gasteiger partial charge in [0.2, 0.25) is 5.91 Å². The fourth-order valence-corrected chi connectivity index (χ4v) is 2.63. The number of nitrogens with zero attached hydrogens (tertiary/aromatic N) is 2. The Hall–Kier alpha value is -2.63. The molecule has 0 saturated carbocycles. The number of aryl methyl sites for hydroxylation is 2. The van der Waals surface area contributed by atoms with Crippen molar-refractivity contribution in [2.75, 3.05) is 11.4 Å². The third-order valence-electron chi connectivity index (χ3n) is 4.02. The zero-order chi connectivity index (χ0) is 16.4. The van der Waals surface area contributed by atoms with Crippen molar-refractivity contribution in [1.29, 1.82) is 0 Å². The van der Waals surface area contributed by atoms with Gasteiger partial charge in [-0.2, -0.15) is 0 Å². The number of esters is 1. The molecule has 1 aromatic heterocycles. The van der Waals surface area contributed by atoms with Crippen LogP contribution in [0, 0.1) is 13.8 Å². The first-order chi connectivity index (χ1) is 11.1. The van der Waals surface area contributed by atoms with Crippen LogP contribution < -0.4 is 4.90 Å². The Morgan fingerprint density at radius 1 is 1.30 bits per heavy atom. The van der Waals surface area contributed by atoms with E-state index in [2.05, 4.69) is 5.16 Å². The van der Waals surface area contributed by atoms with E-state index >= 15 is 0 Å². The molecule has 0 atom stereocenters. The van der Waals surface area contributed by atoms with Crippen molar-refractivity contribution in [2.45, 2.75) is 33.3 Å². The summed E-state index contributed by atoms with van der Waals surface area (Å²) in [6, 6.07) is 6.90. The van der Waals surface area contributed by atoms with Crippen molar-refractivity contribution in [3.05, 3.63) is 46.8 Å². The van der Waals surface area contributed by atoms with Gasteiger partial charge in [0, 0.05) is 18.7 Å². The first-order valence-electron chi connectivity index (χ1n) is 7.55. The number of benzene rings is 1. The van der Waals surface area contributed by atoms with Crippen molar-refractivity contribution in [3.8, 4) is 0 Å². The number of amides is 1. The smallest absolute Gasteiger partial charge is 0.338 e. The van der Waals surface area contributed by atoms with E-state index in [0.717, 1.165) is 29.9 Å². The maximum Gasteiger partial charge on any atom is 0.338 e. The minimum absolute atomic E-state index is 0.124. The van der Waals surface area contributed by atoms with Gasteiger partial charge < -0.3 is 14.2 Å². The van der Waals surface area contributed by atoms with Crippen LogP contribution in [0.3, 0.4) is 0 Å². The lowest BCUT2D eigenvalue weighted by molar-refractivity contribution is -0.117. The summed E-state index contributed by atoms with van der Waals surface area (Å²) in [5.41, 5.74) is 2.78. The molecule has 1 aliphatic rings. The van der Waals surface area contributed by atoms with E-state index in [1.165, 1.54) is 0 Å². The average Bonchev–Trinajstić information content (AvgIpc) is 3.11. The van der Waals surface area contributed by atoms with Crippen molar-refractivity contribution in [3.63, 3.8) is 0 Å². The molecule has 6 nitrogen and oxygen atoms in total. The number of rotatable bonds is 4. The minimum Gasteiger partial charge on any atom is -0.457 e. The van der Waals surface area contributed by atoms with E-state index in [9.17, 15) is 9.59 Å².